The summed E-state index contributed by atoms with van der Waals surface area (Å²) in [5.41, 5.74) is 2.60. The van der Waals surface area contributed by atoms with Crippen LogP contribution in [0, 0.1) is 6.92 Å². The van der Waals surface area contributed by atoms with E-state index >= 15 is 0 Å². The van der Waals surface area contributed by atoms with E-state index in [0.717, 1.165) is 12.0 Å². The van der Waals surface area contributed by atoms with E-state index in [0.29, 0.717) is 44.9 Å². The number of ether oxygens (including phenoxy) is 2. The van der Waals surface area contributed by atoms with Gasteiger partial charge >= 0.3 is 0 Å². The van der Waals surface area contributed by atoms with Crippen molar-refractivity contribution < 1.29 is 24.2 Å². The van der Waals surface area contributed by atoms with Crippen LogP contribution >= 0.6 is 11.3 Å². The van der Waals surface area contributed by atoms with Gasteiger partial charge in [0.05, 0.1) is 35.9 Å². The van der Waals surface area contributed by atoms with Gasteiger partial charge in [-0.05, 0) is 43.2 Å². The minimum absolute atomic E-state index is 0.0106. The number of ketones is 1. The Kier molecular flexibility index (Phi) is 7.47. The second-order valence-corrected chi connectivity index (χ2v) is 10.1. The van der Waals surface area contributed by atoms with Crippen LogP contribution in [0.4, 0.5) is 5.69 Å². The van der Waals surface area contributed by atoms with Crippen LogP contribution in [-0.4, -0.2) is 35.5 Å². The molecule has 39 heavy (non-hydrogen) atoms. The van der Waals surface area contributed by atoms with Crippen molar-refractivity contribution in [2.45, 2.75) is 26.3 Å². The maximum Gasteiger partial charge on any atom is 0.294 e. The Morgan fingerprint density at radius 1 is 1.03 bits per heavy atom. The first kappa shape index (κ1) is 26.2. The summed E-state index contributed by atoms with van der Waals surface area (Å²) < 4.78 is 11.1. The van der Waals surface area contributed by atoms with Crippen molar-refractivity contribution in [1.82, 2.24) is 4.98 Å². The van der Waals surface area contributed by atoms with Gasteiger partial charge in [-0.25, -0.2) is 4.98 Å². The number of rotatable bonds is 9. The van der Waals surface area contributed by atoms with Gasteiger partial charge in [0.15, 0.2) is 5.76 Å². The highest BCUT2D eigenvalue weighted by atomic mass is 32.1. The van der Waals surface area contributed by atoms with Crippen LogP contribution in [-0.2, 0) is 4.79 Å². The number of aromatic nitrogens is 1. The van der Waals surface area contributed by atoms with E-state index in [1.165, 1.54) is 16.2 Å². The molecular weight excluding hydrogens is 512 g/mol. The van der Waals surface area contributed by atoms with Crippen molar-refractivity contribution in [3.05, 3.63) is 106 Å². The Morgan fingerprint density at radius 2 is 1.77 bits per heavy atom. The summed E-state index contributed by atoms with van der Waals surface area (Å²) in [6.45, 7) is 4.37. The lowest BCUT2D eigenvalue weighted by molar-refractivity contribution is -0.117. The number of Topliss-reactive ketones (excluding diaryl/α,β-unsaturated/α-hetero) is 1. The van der Waals surface area contributed by atoms with Crippen molar-refractivity contribution in [2.75, 3.05) is 18.6 Å². The van der Waals surface area contributed by atoms with Crippen LogP contribution in [0.2, 0.25) is 0 Å². The molecule has 0 radical (unpaired) electrons. The van der Waals surface area contributed by atoms with Gasteiger partial charge in [-0.3, -0.25) is 14.5 Å². The fraction of sp³-hybridized carbons (Fsp3) is 0.194. The zero-order valence-electron chi connectivity index (χ0n) is 21.9. The topological polar surface area (TPSA) is 89.0 Å². The van der Waals surface area contributed by atoms with Gasteiger partial charge in [0.2, 0.25) is 5.78 Å². The number of hydrogen-bond acceptors (Lipinski definition) is 7. The molecule has 1 amide bonds. The largest absolute Gasteiger partial charge is 0.503 e. The molecule has 0 fully saturated rings. The third kappa shape index (κ3) is 5.03. The quantitative estimate of drug-likeness (QED) is 0.238. The van der Waals surface area contributed by atoms with Crippen LogP contribution in [0.1, 0.15) is 40.3 Å². The van der Waals surface area contributed by atoms with Crippen molar-refractivity contribution >= 4 is 28.7 Å². The number of hydrogen-bond donors (Lipinski definition) is 1. The fourth-order valence-corrected chi connectivity index (χ4v) is 5.60. The number of aryl methyl sites for hydroxylation is 1. The summed E-state index contributed by atoms with van der Waals surface area (Å²) in [6.07, 6.45) is 0.872. The first-order valence-electron chi connectivity index (χ1n) is 12.6. The molecule has 0 saturated carbocycles. The summed E-state index contributed by atoms with van der Waals surface area (Å²) in [5, 5.41) is 11.9. The molecule has 0 spiro atoms. The average Bonchev–Trinajstić information content (AvgIpc) is 3.49. The van der Waals surface area contributed by atoms with Gasteiger partial charge < -0.3 is 14.6 Å². The number of amides is 1. The smallest absolute Gasteiger partial charge is 0.294 e. The summed E-state index contributed by atoms with van der Waals surface area (Å²) >= 11 is 1.25. The van der Waals surface area contributed by atoms with Gasteiger partial charge in [-0.15, -0.1) is 11.3 Å². The minimum Gasteiger partial charge on any atom is -0.503 e. The molecule has 2 heterocycles. The van der Waals surface area contributed by atoms with Gasteiger partial charge in [0, 0.05) is 17.3 Å². The zero-order chi connectivity index (χ0) is 27.5. The standard InChI is InChI=1S/C31H28N2O5S/c1-4-17-38-23-15-13-20(14-16-23)26-25(28(35)31(36)33(26)22-11-8-12-24(18-22)37-3)27(34)29-19(2)32-30(39-29)21-9-6-5-7-10-21/h5-16,18,26,35H,4,17H2,1-3H3. The third-order valence-electron chi connectivity index (χ3n) is 6.48. The number of methoxy groups -OCH3 is 1. The van der Waals surface area contributed by atoms with Gasteiger partial charge in [0.1, 0.15) is 16.5 Å². The van der Waals surface area contributed by atoms with Crippen LogP contribution in [0.25, 0.3) is 10.6 Å². The molecule has 8 heteroatoms. The molecule has 7 nitrogen and oxygen atoms in total. The molecule has 4 aromatic rings. The van der Waals surface area contributed by atoms with Gasteiger partial charge in [0.25, 0.3) is 5.91 Å². The Bertz CT molecular complexity index is 1540. The normalized spacial score (nSPS) is 15.1. The number of benzene rings is 3. The van der Waals surface area contributed by atoms with E-state index < -0.39 is 23.5 Å². The summed E-state index contributed by atoms with van der Waals surface area (Å²) in [6, 6.07) is 23.0. The van der Waals surface area contributed by atoms with Crippen LogP contribution in [0.5, 0.6) is 11.5 Å². The van der Waals surface area contributed by atoms with Gasteiger partial charge in [-0.2, -0.15) is 0 Å². The van der Waals surface area contributed by atoms with Crippen molar-refractivity contribution in [3.8, 4) is 22.1 Å². The van der Waals surface area contributed by atoms with E-state index in [9.17, 15) is 14.7 Å². The van der Waals surface area contributed by atoms with E-state index in [1.807, 2.05) is 61.5 Å². The Labute approximate surface area is 231 Å². The highest BCUT2D eigenvalue weighted by Gasteiger charge is 2.45. The van der Waals surface area contributed by atoms with E-state index in [1.54, 1.807) is 38.3 Å². The monoisotopic (exact) mass is 540 g/mol. The molecular formula is C31H28N2O5S. The summed E-state index contributed by atoms with van der Waals surface area (Å²) in [7, 11) is 1.54. The fourth-order valence-electron chi connectivity index (χ4n) is 4.58. The molecule has 1 aliphatic rings. The predicted octanol–water partition coefficient (Wildman–Crippen LogP) is 6.70. The molecule has 0 saturated heterocycles. The minimum atomic E-state index is -0.862. The first-order chi connectivity index (χ1) is 18.9. The molecule has 0 aliphatic carbocycles. The average molecular weight is 541 g/mol. The number of aliphatic hydroxyl groups is 1. The maximum absolute atomic E-state index is 14.1. The third-order valence-corrected chi connectivity index (χ3v) is 7.68. The maximum atomic E-state index is 14.1. The molecule has 1 atom stereocenters. The molecule has 198 valence electrons. The molecule has 1 unspecified atom stereocenters. The highest BCUT2D eigenvalue weighted by Crippen LogP contribution is 2.44. The van der Waals surface area contributed by atoms with E-state index in [4.69, 9.17) is 9.47 Å². The molecule has 1 N–H and O–H groups in total. The Hall–Kier alpha value is -4.43. The molecule has 0 bridgehead atoms. The second-order valence-electron chi connectivity index (χ2n) is 9.09. The van der Waals surface area contributed by atoms with Crippen LogP contribution in [0.15, 0.2) is 90.2 Å². The summed E-state index contributed by atoms with van der Waals surface area (Å²) in [4.78, 5) is 34.1. The van der Waals surface area contributed by atoms with E-state index in [-0.39, 0.29) is 5.57 Å². The summed E-state index contributed by atoms with van der Waals surface area (Å²) in [5.74, 6) is -0.432. The number of anilines is 1. The number of aliphatic hydroxyl groups excluding tert-OH is 1. The lowest BCUT2D eigenvalue weighted by atomic mass is 9.94. The number of nitrogens with zero attached hydrogens (tertiary/aromatic N) is 2. The second kappa shape index (κ2) is 11.1. The number of thiazole rings is 1. The Balaban J connectivity index is 1.60. The molecule has 1 aromatic heterocycles. The van der Waals surface area contributed by atoms with Crippen LogP contribution < -0.4 is 14.4 Å². The number of carbonyl (C=O) groups excluding carboxylic acids is 2. The highest BCUT2D eigenvalue weighted by molar-refractivity contribution is 7.17. The van der Waals surface area contributed by atoms with Crippen molar-refractivity contribution in [2.24, 2.45) is 0 Å². The Morgan fingerprint density at radius 3 is 2.46 bits per heavy atom. The predicted molar refractivity (Wildman–Crippen MR) is 152 cm³/mol. The first-order valence-corrected chi connectivity index (χ1v) is 13.5. The lowest BCUT2D eigenvalue weighted by Crippen LogP contribution is -2.31. The molecule has 5 rings (SSSR count). The van der Waals surface area contributed by atoms with Gasteiger partial charge in [-0.1, -0.05) is 55.5 Å². The van der Waals surface area contributed by atoms with Crippen LogP contribution in [0.3, 0.4) is 0 Å². The van der Waals surface area contributed by atoms with E-state index in [2.05, 4.69) is 4.98 Å². The molecule has 1 aliphatic heterocycles. The SMILES string of the molecule is CCCOc1ccc(C2C(C(=O)c3sc(-c4ccccc4)nc3C)=C(O)C(=O)N2c2cccc(OC)c2)cc1. The van der Waals surface area contributed by atoms with Crippen molar-refractivity contribution in [3.63, 3.8) is 0 Å². The number of carbonyl (C=O) groups is 2. The van der Waals surface area contributed by atoms with Crippen molar-refractivity contribution in [1.29, 1.82) is 0 Å². The molecule has 3 aromatic carbocycles. The zero-order valence-corrected chi connectivity index (χ0v) is 22.7. The lowest BCUT2D eigenvalue weighted by Gasteiger charge is -2.27.